The Morgan fingerprint density at radius 2 is 1.17 bits per heavy atom. The van der Waals surface area contributed by atoms with E-state index in [1.165, 1.54) is 7.11 Å². The van der Waals surface area contributed by atoms with E-state index in [0.29, 0.717) is 5.56 Å². The number of carbonyl (C=O) groups excluding carboxylic acids is 1. The van der Waals surface area contributed by atoms with Crippen molar-refractivity contribution in [1.29, 1.82) is 0 Å². The molecule has 9 heteroatoms. The fourth-order valence-corrected chi connectivity index (χ4v) is 3.73. The molecular weight excluding hydrogens is 458 g/mol. The zero-order valence-electron chi connectivity index (χ0n) is 22.9. The highest BCUT2D eigenvalue weighted by molar-refractivity contribution is 6.62. The van der Waals surface area contributed by atoms with Gasteiger partial charge in [0.1, 0.15) is 0 Å². The van der Waals surface area contributed by atoms with Crippen molar-refractivity contribution in [3.05, 3.63) is 59.7 Å². The molecule has 7 nitrogen and oxygen atoms in total. The maximum absolute atomic E-state index is 11.5. The normalized spacial score (nSPS) is 21.1. The molecule has 0 amide bonds. The van der Waals surface area contributed by atoms with Gasteiger partial charge in [0, 0.05) is 0 Å². The number of rotatable bonds is 4. The summed E-state index contributed by atoms with van der Waals surface area (Å²) in [5.41, 5.74) is 1.71. The molecule has 4 rings (SSSR count). The van der Waals surface area contributed by atoms with Gasteiger partial charge in [0.2, 0.25) is 0 Å². The fraction of sp³-hybridized carbons (Fsp3) is 0.519. The molecule has 2 aliphatic rings. The zero-order chi connectivity index (χ0) is 26.9. The summed E-state index contributed by atoms with van der Waals surface area (Å²) in [5.74, 6) is -0.363. The van der Waals surface area contributed by atoms with Crippen molar-refractivity contribution < 1.29 is 33.3 Å². The minimum atomic E-state index is -0.463. The molecule has 0 bridgehead atoms. The van der Waals surface area contributed by atoms with Crippen molar-refractivity contribution in [3.8, 4) is 0 Å². The Labute approximate surface area is 215 Å². The standard InChI is InChI=1S/C14H19BO4.C13H19BO3/c1-13(2)14(3,4)19-15(18-13)11-8-6-7-10(9-11)12(16)17-5;1-12(2)13(3,4)17-14(16-12)11-7-5-6-10(8-11)9-15/h6-9H,1-5H3;5-8,15H,9H2,1-4H3. The average Bonchev–Trinajstić information content (AvgIpc) is 3.18. The van der Waals surface area contributed by atoms with E-state index in [1.54, 1.807) is 18.2 Å². The highest BCUT2D eigenvalue weighted by atomic mass is 16.7. The van der Waals surface area contributed by atoms with Crippen molar-refractivity contribution in [2.75, 3.05) is 7.11 Å². The second-order valence-corrected chi connectivity index (χ2v) is 11.2. The summed E-state index contributed by atoms with van der Waals surface area (Å²) in [6.45, 7) is 16.1. The van der Waals surface area contributed by atoms with Crippen LogP contribution in [0.2, 0.25) is 0 Å². The number of esters is 1. The third kappa shape index (κ3) is 5.87. The van der Waals surface area contributed by atoms with Crippen LogP contribution in [0.15, 0.2) is 48.5 Å². The second-order valence-electron chi connectivity index (χ2n) is 11.2. The lowest BCUT2D eigenvalue weighted by molar-refractivity contribution is 0.00578. The second kappa shape index (κ2) is 10.3. The number of hydrogen-bond acceptors (Lipinski definition) is 7. The Hall–Kier alpha value is -2.16. The Balaban J connectivity index is 0.000000202. The number of methoxy groups -OCH3 is 1. The van der Waals surface area contributed by atoms with Crippen molar-refractivity contribution in [3.63, 3.8) is 0 Å². The molecule has 0 radical (unpaired) electrons. The highest BCUT2D eigenvalue weighted by Gasteiger charge is 2.52. The molecule has 2 aliphatic heterocycles. The number of aliphatic hydroxyl groups is 1. The van der Waals surface area contributed by atoms with Gasteiger partial charge in [0.15, 0.2) is 0 Å². The fourth-order valence-electron chi connectivity index (χ4n) is 3.73. The van der Waals surface area contributed by atoms with Crippen LogP contribution in [0, 0.1) is 0 Å². The van der Waals surface area contributed by atoms with Crippen LogP contribution in [-0.2, 0) is 30.0 Å². The van der Waals surface area contributed by atoms with E-state index < -0.39 is 7.12 Å². The van der Waals surface area contributed by atoms with E-state index in [-0.39, 0.29) is 42.1 Å². The minimum absolute atomic E-state index is 0.0351. The largest absolute Gasteiger partial charge is 0.494 e. The molecule has 194 valence electrons. The molecule has 2 fully saturated rings. The number of benzene rings is 2. The Bertz CT molecular complexity index is 1050. The molecule has 2 heterocycles. The van der Waals surface area contributed by atoms with Crippen LogP contribution in [-0.4, -0.2) is 54.8 Å². The molecule has 2 aromatic rings. The van der Waals surface area contributed by atoms with Crippen LogP contribution in [0.25, 0.3) is 0 Å². The van der Waals surface area contributed by atoms with E-state index in [9.17, 15) is 4.79 Å². The monoisotopic (exact) mass is 496 g/mol. The lowest BCUT2D eigenvalue weighted by atomic mass is 9.78. The zero-order valence-corrected chi connectivity index (χ0v) is 22.9. The molecule has 1 N–H and O–H groups in total. The lowest BCUT2D eigenvalue weighted by Gasteiger charge is -2.32. The summed E-state index contributed by atoms with van der Waals surface area (Å²) < 4.78 is 28.5. The van der Waals surface area contributed by atoms with E-state index in [0.717, 1.165) is 16.5 Å². The lowest BCUT2D eigenvalue weighted by Crippen LogP contribution is -2.41. The summed E-state index contributed by atoms with van der Waals surface area (Å²) in [4.78, 5) is 11.5. The number of aliphatic hydroxyl groups excluding tert-OH is 1. The first-order valence-corrected chi connectivity index (χ1v) is 12.2. The van der Waals surface area contributed by atoms with Gasteiger partial charge in [-0.2, -0.15) is 0 Å². The first-order valence-electron chi connectivity index (χ1n) is 12.2. The molecular formula is C27H38B2O7. The third-order valence-electron chi connectivity index (χ3n) is 7.49. The topological polar surface area (TPSA) is 83.5 Å². The summed E-state index contributed by atoms with van der Waals surface area (Å²) in [6.07, 6.45) is 0. The van der Waals surface area contributed by atoms with Crippen LogP contribution in [0.1, 0.15) is 71.3 Å². The number of hydrogen-bond donors (Lipinski definition) is 1. The summed E-state index contributed by atoms with van der Waals surface area (Å²) in [7, 11) is 0.546. The van der Waals surface area contributed by atoms with E-state index in [4.69, 9.17) is 28.5 Å². The van der Waals surface area contributed by atoms with Crippen molar-refractivity contribution in [1.82, 2.24) is 0 Å². The van der Waals surface area contributed by atoms with Crippen LogP contribution in [0.3, 0.4) is 0 Å². The van der Waals surface area contributed by atoms with E-state index >= 15 is 0 Å². The summed E-state index contributed by atoms with van der Waals surface area (Å²) >= 11 is 0. The SMILES string of the molecule is CC1(C)OB(c2cccc(CO)c2)OC1(C)C.COC(=O)c1cccc(B2OC(C)(C)C(C)(C)O2)c1. The molecule has 36 heavy (non-hydrogen) atoms. The van der Waals surface area contributed by atoms with Gasteiger partial charge >= 0.3 is 20.2 Å². The van der Waals surface area contributed by atoms with E-state index in [1.807, 2.05) is 85.7 Å². The molecule has 0 aliphatic carbocycles. The Morgan fingerprint density at radius 1 is 0.750 bits per heavy atom. The minimum Gasteiger partial charge on any atom is -0.465 e. The van der Waals surface area contributed by atoms with Crippen LogP contribution in [0.4, 0.5) is 0 Å². The van der Waals surface area contributed by atoms with Gasteiger partial charge in [-0.05, 0) is 84.0 Å². The molecule has 0 saturated carbocycles. The molecule has 2 saturated heterocycles. The van der Waals surface area contributed by atoms with Crippen molar-refractivity contribution >= 4 is 31.1 Å². The van der Waals surface area contributed by atoms with Gasteiger partial charge in [-0.15, -0.1) is 0 Å². The molecule has 0 spiro atoms. The predicted molar refractivity (Wildman–Crippen MR) is 142 cm³/mol. The number of carbonyl (C=O) groups is 1. The predicted octanol–water partition coefficient (Wildman–Crippen LogP) is 3.25. The quantitative estimate of drug-likeness (QED) is 0.514. The van der Waals surface area contributed by atoms with Crippen molar-refractivity contribution in [2.24, 2.45) is 0 Å². The van der Waals surface area contributed by atoms with Gasteiger partial charge in [0.05, 0.1) is 41.7 Å². The van der Waals surface area contributed by atoms with Gasteiger partial charge in [-0.1, -0.05) is 36.4 Å². The first kappa shape index (κ1) is 28.4. The van der Waals surface area contributed by atoms with Crippen LogP contribution >= 0.6 is 0 Å². The van der Waals surface area contributed by atoms with Crippen LogP contribution < -0.4 is 10.9 Å². The molecule has 0 aromatic heterocycles. The molecule has 2 aromatic carbocycles. The van der Waals surface area contributed by atoms with E-state index in [2.05, 4.69) is 0 Å². The van der Waals surface area contributed by atoms with Crippen molar-refractivity contribution in [2.45, 2.75) is 84.4 Å². The van der Waals surface area contributed by atoms with Crippen LogP contribution in [0.5, 0.6) is 0 Å². The maximum Gasteiger partial charge on any atom is 0.494 e. The number of ether oxygens (including phenoxy) is 1. The maximum atomic E-state index is 11.5. The van der Waals surface area contributed by atoms with Gasteiger partial charge in [-0.25, -0.2) is 4.79 Å². The first-order chi connectivity index (χ1) is 16.6. The smallest absolute Gasteiger partial charge is 0.465 e. The highest BCUT2D eigenvalue weighted by Crippen LogP contribution is 2.37. The summed E-state index contributed by atoms with van der Waals surface area (Å²) in [5, 5.41) is 9.13. The average molecular weight is 496 g/mol. The Morgan fingerprint density at radius 3 is 1.58 bits per heavy atom. The molecule has 0 unspecified atom stereocenters. The van der Waals surface area contributed by atoms with Gasteiger partial charge in [-0.3, -0.25) is 0 Å². The third-order valence-corrected chi connectivity index (χ3v) is 7.49. The van der Waals surface area contributed by atoms with Gasteiger partial charge in [0.25, 0.3) is 0 Å². The van der Waals surface area contributed by atoms with Gasteiger partial charge < -0.3 is 28.5 Å². The Kier molecular flexibility index (Phi) is 8.13. The summed E-state index contributed by atoms with van der Waals surface area (Å²) in [6, 6.07) is 14.8. The molecule has 0 atom stereocenters.